The van der Waals surface area contributed by atoms with Crippen LogP contribution >= 0.6 is 0 Å². The number of carbonyl (C=O) groups is 3. The number of hydrogen-bond donors (Lipinski definition) is 2. The molecular weight excluding hydrogens is 462 g/mol. The van der Waals surface area contributed by atoms with Crippen molar-refractivity contribution >= 4 is 39.3 Å². The van der Waals surface area contributed by atoms with Gasteiger partial charge >= 0.3 is 0 Å². The molecule has 0 radical (unpaired) electrons. The van der Waals surface area contributed by atoms with Crippen molar-refractivity contribution in [2.24, 2.45) is 0 Å². The largest absolute Gasteiger partial charge is 0.357 e. The van der Waals surface area contributed by atoms with E-state index in [1.807, 2.05) is 54.6 Å². The SMILES string of the molecule is CNC(=O)[C@H](Cc1ccccc1)NC(=O)[C@H]1CCCN1C(=O)Cc1c2ccccc2cc2ccccc12. The van der Waals surface area contributed by atoms with Crippen LogP contribution in [0, 0.1) is 0 Å². The highest BCUT2D eigenvalue weighted by Gasteiger charge is 2.36. The fourth-order valence-corrected chi connectivity index (χ4v) is 5.39. The standard InChI is InChI=1S/C31H31N3O3/c1-32-30(36)27(18-21-10-3-2-4-11-21)33-31(37)28-16-9-17-34(28)29(35)20-26-24-14-7-5-12-22(24)19-23-13-6-8-15-25(23)26/h2-8,10-15,19,27-28H,9,16-18,20H2,1H3,(H,32,36)(H,33,37)/t27-,28+/m0/s1. The van der Waals surface area contributed by atoms with Gasteiger partial charge in [-0.05, 0) is 51.6 Å². The zero-order valence-corrected chi connectivity index (χ0v) is 20.9. The average Bonchev–Trinajstić information content (AvgIpc) is 3.43. The molecule has 5 rings (SSSR count). The Labute approximate surface area is 216 Å². The van der Waals surface area contributed by atoms with Crippen molar-refractivity contribution in [2.45, 2.75) is 37.8 Å². The number of likely N-dealkylation sites (N-methyl/N-ethyl adjacent to an activating group) is 1. The Morgan fingerprint density at radius 1 is 0.892 bits per heavy atom. The maximum atomic E-state index is 13.7. The maximum absolute atomic E-state index is 13.7. The number of carbonyl (C=O) groups excluding carboxylic acids is 3. The number of hydrogen-bond acceptors (Lipinski definition) is 3. The summed E-state index contributed by atoms with van der Waals surface area (Å²) in [4.78, 5) is 41.3. The van der Waals surface area contributed by atoms with Gasteiger partial charge in [-0.25, -0.2) is 0 Å². The molecule has 37 heavy (non-hydrogen) atoms. The molecule has 0 bridgehead atoms. The van der Waals surface area contributed by atoms with Crippen LogP contribution in [0.15, 0.2) is 84.9 Å². The molecule has 1 saturated heterocycles. The Morgan fingerprint density at radius 3 is 2.16 bits per heavy atom. The Morgan fingerprint density at radius 2 is 1.51 bits per heavy atom. The highest BCUT2D eigenvalue weighted by Crippen LogP contribution is 2.30. The number of nitrogens with zero attached hydrogens (tertiary/aromatic N) is 1. The summed E-state index contributed by atoms with van der Waals surface area (Å²) in [5.74, 6) is -0.604. The minimum absolute atomic E-state index is 0.0706. The minimum Gasteiger partial charge on any atom is -0.357 e. The molecule has 1 heterocycles. The van der Waals surface area contributed by atoms with E-state index < -0.39 is 12.1 Å². The van der Waals surface area contributed by atoms with Gasteiger partial charge in [-0.3, -0.25) is 14.4 Å². The molecule has 6 nitrogen and oxygen atoms in total. The zero-order chi connectivity index (χ0) is 25.8. The van der Waals surface area contributed by atoms with Crippen molar-refractivity contribution in [1.82, 2.24) is 15.5 Å². The van der Waals surface area contributed by atoms with Crippen LogP contribution in [0.1, 0.15) is 24.0 Å². The lowest BCUT2D eigenvalue weighted by atomic mass is 9.94. The van der Waals surface area contributed by atoms with Crippen LogP contribution < -0.4 is 10.6 Å². The molecule has 1 aliphatic heterocycles. The highest BCUT2D eigenvalue weighted by atomic mass is 16.2. The molecule has 0 saturated carbocycles. The number of fused-ring (bicyclic) bond motifs is 2. The predicted molar refractivity (Wildman–Crippen MR) is 146 cm³/mol. The molecule has 3 amide bonds. The Hall–Kier alpha value is -4.19. The molecule has 0 aromatic heterocycles. The van der Waals surface area contributed by atoms with Gasteiger partial charge in [-0.15, -0.1) is 0 Å². The van der Waals surface area contributed by atoms with Gasteiger partial charge in [0, 0.05) is 20.0 Å². The summed E-state index contributed by atoms with van der Waals surface area (Å²) < 4.78 is 0. The predicted octanol–water partition coefficient (Wildman–Crippen LogP) is 4.00. The van der Waals surface area contributed by atoms with Crippen LogP contribution in [-0.4, -0.2) is 48.3 Å². The van der Waals surface area contributed by atoms with Gasteiger partial charge in [-0.1, -0.05) is 78.9 Å². The third kappa shape index (κ3) is 5.19. The van der Waals surface area contributed by atoms with E-state index in [4.69, 9.17) is 0 Å². The van der Waals surface area contributed by atoms with E-state index in [2.05, 4.69) is 41.0 Å². The second-order valence-corrected chi connectivity index (χ2v) is 9.58. The topological polar surface area (TPSA) is 78.5 Å². The van der Waals surface area contributed by atoms with Crippen LogP contribution in [0.25, 0.3) is 21.5 Å². The van der Waals surface area contributed by atoms with E-state index in [9.17, 15) is 14.4 Å². The van der Waals surface area contributed by atoms with Crippen LogP contribution in [0.5, 0.6) is 0 Å². The first kappa shape index (κ1) is 24.5. The third-order valence-electron chi connectivity index (χ3n) is 7.25. The maximum Gasteiger partial charge on any atom is 0.243 e. The molecule has 188 valence electrons. The quantitative estimate of drug-likeness (QED) is 0.382. The molecule has 6 heteroatoms. The van der Waals surface area contributed by atoms with Crippen LogP contribution in [-0.2, 0) is 27.2 Å². The van der Waals surface area contributed by atoms with Crippen LogP contribution in [0.4, 0.5) is 0 Å². The normalized spacial score (nSPS) is 16.0. The monoisotopic (exact) mass is 493 g/mol. The minimum atomic E-state index is -0.709. The first-order valence-corrected chi connectivity index (χ1v) is 12.8. The molecule has 0 aliphatic carbocycles. The average molecular weight is 494 g/mol. The fraction of sp³-hybridized carbons (Fsp3) is 0.258. The molecule has 2 atom stereocenters. The lowest BCUT2D eigenvalue weighted by Crippen LogP contribution is -2.53. The summed E-state index contributed by atoms with van der Waals surface area (Å²) in [6.45, 7) is 0.531. The molecule has 4 aromatic carbocycles. The molecule has 2 N–H and O–H groups in total. The Kier molecular flexibility index (Phi) is 7.17. The van der Waals surface area contributed by atoms with E-state index in [-0.39, 0.29) is 24.1 Å². The van der Waals surface area contributed by atoms with Crippen LogP contribution in [0.3, 0.4) is 0 Å². The number of amides is 3. The number of nitrogens with one attached hydrogen (secondary N) is 2. The van der Waals surface area contributed by atoms with E-state index in [0.717, 1.165) is 39.1 Å². The van der Waals surface area contributed by atoms with Gasteiger partial charge in [0.05, 0.1) is 6.42 Å². The number of rotatable bonds is 7. The van der Waals surface area contributed by atoms with E-state index in [0.29, 0.717) is 19.4 Å². The highest BCUT2D eigenvalue weighted by molar-refractivity contribution is 6.05. The van der Waals surface area contributed by atoms with E-state index >= 15 is 0 Å². The molecule has 0 spiro atoms. The third-order valence-corrected chi connectivity index (χ3v) is 7.25. The summed E-state index contributed by atoms with van der Waals surface area (Å²) in [6.07, 6.45) is 1.94. The lowest BCUT2D eigenvalue weighted by molar-refractivity contribution is -0.139. The van der Waals surface area contributed by atoms with Gasteiger partial charge < -0.3 is 15.5 Å². The summed E-state index contributed by atoms with van der Waals surface area (Å²) >= 11 is 0. The summed E-state index contributed by atoms with van der Waals surface area (Å²) in [7, 11) is 1.56. The van der Waals surface area contributed by atoms with Gasteiger partial charge in [0.1, 0.15) is 12.1 Å². The van der Waals surface area contributed by atoms with Gasteiger partial charge in [0.25, 0.3) is 0 Å². The Bertz CT molecular complexity index is 1400. The van der Waals surface area contributed by atoms with Gasteiger partial charge in [0.2, 0.25) is 17.7 Å². The molecule has 1 fully saturated rings. The smallest absolute Gasteiger partial charge is 0.243 e. The second-order valence-electron chi connectivity index (χ2n) is 9.58. The van der Waals surface area contributed by atoms with E-state index in [1.165, 1.54) is 0 Å². The molecule has 1 aliphatic rings. The van der Waals surface area contributed by atoms with Crippen molar-refractivity contribution < 1.29 is 14.4 Å². The first-order chi connectivity index (χ1) is 18.0. The summed E-state index contributed by atoms with van der Waals surface area (Å²) in [5.41, 5.74) is 1.94. The molecule has 0 unspecified atom stereocenters. The van der Waals surface area contributed by atoms with Crippen molar-refractivity contribution in [1.29, 1.82) is 0 Å². The summed E-state index contributed by atoms with van der Waals surface area (Å²) in [6, 6.07) is 26.7. The van der Waals surface area contributed by atoms with E-state index in [1.54, 1.807) is 11.9 Å². The second kappa shape index (κ2) is 10.8. The lowest BCUT2D eigenvalue weighted by Gasteiger charge is -2.27. The fourth-order valence-electron chi connectivity index (χ4n) is 5.39. The number of benzene rings is 4. The van der Waals surface area contributed by atoms with Crippen LogP contribution in [0.2, 0.25) is 0 Å². The molecule has 4 aromatic rings. The van der Waals surface area contributed by atoms with Crippen molar-refractivity contribution in [3.8, 4) is 0 Å². The number of likely N-dealkylation sites (tertiary alicyclic amines) is 1. The van der Waals surface area contributed by atoms with Crippen molar-refractivity contribution in [3.05, 3.63) is 96.1 Å². The zero-order valence-electron chi connectivity index (χ0n) is 20.9. The van der Waals surface area contributed by atoms with Crippen molar-refractivity contribution in [2.75, 3.05) is 13.6 Å². The molecular formula is C31H31N3O3. The van der Waals surface area contributed by atoms with Gasteiger partial charge in [0.15, 0.2) is 0 Å². The summed E-state index contributed by atoms with van der Waals surface area (Å²) in [5, 5.41) is 9.86. The Balaban J connectivity index is 1.37. The van der Waals surface area contributed by atoms with Crippen molar-refractivity contribution in [3.63, 3.8) is 0 Å². The first-order valence-electron chi connectivity index (χ1n) is 12.8. The van der Waals surface area contributed by atoms with Gasteiger partial charge in [-0.2, -0.15) is 0 Å².